The van der Waals surface area contributed by atoms with Crippen LogP contribution in [0.4, 0.5) is 0 Å². The standard InChI is InChI=1S/C22H27N3O3/c1-26-20-13-17(14-21(27-2)22(20)28-3)16-24-9-11-25(12-10-24)19(15-23)18-7-5-4-6-8-18/h4-8,13-14,19H,9-12,16H2,1-3H3/t19-/m0/s1. The van der Waals surface area contributed by atoms with Crippen LogP contribution in [0.1, 0.15) is 17.2 Å². The van der Waals surface area contributed by atoms with Crippen molar-refractivity contribution in [2.24, 2.45) is 0 Å². The Kier molecular flexibility index (Phi) is 6.75. The molecule has 0 bridgehead atoms. The van der Waals surface area contributed by atoms with Gasteiger partial charge in [-0.15, -0.1) is 0 Å². The third kappa shape index (κ3) is 4.38. The largest absolute Gasteiger partial charge is 0.493 e. The number of hydrogen-bond donors (Lipinski definition) is 0. The topological polar surface area (TPSA) is 58.0 Å². The smallest absolute Gasteiger partial charge is 0.203 e. The summed E-state index contributed by atoms with van der Waals surface area (Å²) in [5, 5.41) is 9.65. The molecule has 1 atom stereocenters. The molecule has 0 saturated carbocycles. The van der Waals surface area contributed by atoms with Crippen LogP contribution in [0, 0.1) is 11.3 Å². The zero-order valence-corrected chi connectivity index (χ0v) is 16.7. The quantitative estimate of drug-likeness (QED) is 0.735. The third-order valence-electron chi connectivity index (χ3n) is 5.14. The molecule has 1 fully saturated rings. The predicted molar refractivity (Wildman–Crippen MR) is 108 cm³/mol. The van der Waals surface area contributed by atoms with Gasteiger partial charge in [0.05, 0.1) is 27.4 Å². The van der Waals surface area contributed by atoms with Crippen molar-refractivity contribution in [3.63, 3.8) is 0 Å². The van der Waals surface area contributed by atoms with Crippen molar-refractivity contribution < 1.29 is 14.2 Å². The van der Waals surface area contributed by atoms with E-state index in [-0.39, 0.29) is 6.04 Å². The van der Waals surface area contributed by atoms with Crippen molar-refractivity contribution in [2.45, 2.75) is 12.6 Å². The van der Waals surface area contributed by atoms with Gasteiger partial charge in [-0.3, -0.25) is 9.80 Å². The maximum Gasteiger partial charge on any atom is 0.203 e. The summed E-state index contributed by atoms with van der Waals surface area (Å²) in [4.78, 5) is 4.64. The van der Waals surface area contributed by atoms with E-state index in [1.54, 1.807) is 21.3 Å². The lowest BCUT2D eigenvalue weighted by Crippen LogP contribution is -2.46. The summed E-state index contributed by atoms with van der Waals surface area (Å²) in [5.74, 6) is 1.95. The van der Waals surface area contributed by atoms with Gasteiger partial charge in [0, 0.05) is 32.7 Å². The van der Waals surface area contributed by atoms with Crippen LogP contribution < -0.4 is 14.2 Å². The minimum Gasteiger partial charge on any atom is -0.493 e. The van der Waals surface area contributed by atoms with E-state index in [2.05, 4.69) is 15.9 Å². The average Bonchev–Trinajstić information content (AvgIpc) is 2.75. The molecule has 6 heteroatoms. The molecule has 148 valence electrons. The van der Waals surface area contributed by atoms with Crippen LogP contribution in [0.3, 0.4) is 0 Å². The molecule has 6 nitrogen and oxygen atoms in total. The van der Waals surface area contributed by atoms with Gasteiger partial charge in [-0.1, -0.05) is 30.3 Å². The fraction of sp³-hybridized carbons (Fsp3) is 0.409. The molecule has 1 aliphatic rings. The van der Waals surface area contributed by atoms with E-state index in [4.69, 9.17) is 14.2 Å². The van der Waals surface area contributed by atoms with Gasteiger partial charge in [0.1, 0.15) is 6.04 Å². The highest BCUT2D eigenvalue weighted by Crippen LogP contribution is 2.38. The molecular formula is C22H27N3O3. The maximum atomic E-state index is 9.65. The summed E-state index contributed by atoms with van der Waals surface area (Å²) in [6, 6.07) is 16.3. The third-order valence-corrected chi connectivity index (χ3v) is 5.14. The number of methoxy groups -OCH3 is 3. The molecule has 1 heterocycles. The van der Waals surface area contributed by atoms with Crippen LogP contribution >= 0.6 is 0 Å². The average molecular weight is 381 g/mol. The summed E-state index contributed by atoms with van der Waals surface area (Å²) in [6.07, 6.45) is 0. The van der Waals surface area contributed by atoms with Crippen molar-refractivity contribution >= 4 is 0 Å². The maximum absolute atomic E-state index is 9.65. The van der Waals surface area contributed by atoms with Crippen LogP contribution in [-0.2, 0) is 6.54 Å². The molecule has 0 unspecified atom stereocenters. The van der Waals surface area contributed by atoms with Crippen molar-refractivity contribution in [1.82, 2.24) is 9.80 Å². The Hall–Kier alpha value is -2.75. The van der Waals surface area contributed by atoms with E-state index >= 15 is 0 Å². The second-order valence-corrected chi connectivity index (χ2v) is 6.79. The van der Waals surface area contributed by atoms with Gasteiger partial charge in [-0.25, -0.2) is 0 Å². The predicted octanol–water partition coefficient (Wildman–Crippen LogP) is 3.09. The van der Waals surface area contributed by atoms with Gasteiger partial charge in [0.25, 0.3) is 0 Å². The Morgan fingerprint density at radius 1 is 0.929 bits per heavy atom. The number of nitrogens with zero attached hydrogens (tertiary/aromatic N) is 3. The summed E-state index contributed by atoms with van der Waals surface area (Å²) >= 11 is 0. The Morgan fingerprint density at radius 3 is 2.04 bits per heavy atom. The van der Waals surface area contributed by atoms with Crippen molar-refractivity contribution in [3.05, 3.63) is 53.6 Å². The molecule has 0 aliphatic carbocycles. The lowest BCUT2D eigenvalue weighted by molar-refractivity contribution is 0.109. The fourth-order valence-electron chi connectivity index (χ4n) is 3.67. The molecule has 0 aromatic heterocycles. The highest BCUT2D eigenvalue weighted by atomic mass is 16.5. The molecule has 3 rings (SSSR count). The molecule has 0 N–H and O–H groups in total. The zero-order chi connectivity index (χ0) is 19.9. The van der Waals surface area contributed by atoms with Crippen LogP contribution in [0.15, 0.2) is 42.5 Å². The molecule has 0 radical (unpaired) electrons. The normalized spacial score (nSPS) is 16.2. The fourth-order valence-corrected chi connectivity index (χ4v) is 3.67. The summed E-state index contributed by atoms with van der Waals surface area (Å²) in [5.41, 5.74) is 2.17. The summed E-state index contributed by atoms with van der Waals surface area (Å²) in [6.45, 7) is 4.32. The molecule has 0 spiro atoms. The number of rotatable bonds is 7. The zero-order valence-electron chi connectivity index (χ0n) is 16.7. The van der Waals surface area contributed by atoms with Crippen molar-refractivity contribution in [2.75, 3.05) is 47.5 Å². The van der Waals surface area contributed by atoms with Gasteiger partial charge in [-0.05, 0) is 23.3 Å². The number of ether oxygens (including phenoxy) is 3. The molecule has 2 aromatic carbocycles. The second-order valence-electron chi connectivity index (χ2n) is 6.79. The van der Waals surface area contributed by atoms with Gasteiger partial charge < -0.3 is 14.2 Å². The molecular weight excluding hydrogens is 354 g/mol. The molecule has 2 aromatic rings. The molecule has 28 heavy (non-hydrogen) atoms. The first-order valence-corrected chi connectivity index (χ1v) is 9.40. The number of nitriles is 1. The van der Waals surface area contributed by atoms with Gasteiger partial charge in [0.15, 0.2) is 11.5 Å². The highest BCUT2D eigenvalue weighted by Gasteiger charge is 2.25. The first-order valence-electron chi connectivity index (χ1n) is 9.40. The van der Waals surface area contributed by atoms with E-state index in [1.807, 2.05) is 42.5 Å². The van der Waals surface area contributed by atoms with Crippen LogP contribution in [0.2, 0.25) is 0 Å². The highest BCUT2D eigenvalue weighted by molar-refractivity contribution is 5.53. The SMILES string of the molecule is COc1cc(CN2CCN([C@@H](C#N)c3ccccc3)CC2)cc(OC)c1OC. The number of benzene rings is 2. The first-order chi connectivity index (χ1) is 13.7. The summed E-state index contributed by atoms with van der Waals surface area (Å²) < 4.78 is 16.3. The minimum absolute atomic E-state index is 0.190. The Morgan fingerprint density at radius 2 is 1.54 bits per heavy atom. The van der Waals surface area contributed by atoms with Crippen LogP contribution in [0.25, 0.3) is 0 Å². The van der Waals surface area contributed by atoms with E-state index in [0.29, 0.717) is 17.2 Å². The van der Waals surface area contributed by atoms with Gasteiger partial charge in [-0.2, -0.15) is 5.26 Å². The first kappa shape index (κ1) is 20.0. The monoisotopic (exact) mass is 381 g/mol. The van der Waals surface area contributed by atoms with E-state index in [9.17, 15) is 5.26 Å². The number of piperazine rings is 1. The van der Waals surface area contributed by atoms with Crippen LogP contribution in [0.5, 0.6) is 17.2 Å². The summed E-state index contributed by atoms with van der Waals surface area (Å²) in [7, 11) is 4.87. The van der Waals surface area contributed by atoms with E-state index in [0.717, 1.165) is 43.9 Å². The number of hydrogen-bond acceptors (Lipinski definition) is 6. The van der Waals surface area contributed by atoms with Crippen molar-refractivity contribution in [3.8, 4) is 23.3 Å². The molecule has 0 amide bonds. The second kappa shape index (κ2) is 9.45. The Balaban J connectivity index is 1.65. The Bertz CT molecular complexity index is 787. The van der Waals surface area contributed by atoms with E-state index in [1.165, 1.54) is 0 Å². The van der Waals surface area contributed by atoms with Gasteiger partial charge >= 0.3 is 0 Å². The minimum atomic E-state index is -0.190. The lowest BCUT2D eigenvalue weighted by atomic mass is 10.1. The Labute approximate surface area is 166 Å². The van der Waals surface area contributed by atoms with Crippen LogP contribution in [-0.4, -0.2) is 57.3 Å². The van der Waals surface area contributed by atoms with Gasteiger partial charge in [0.2, 0.25) is 5.75 Å². The lowest BCUT2D eigenvalue weighted by Gasteiger charge is -2.37. The van der Waals surface area contributed by atoms with E-state index < -0.39 is 0 Å². The molecule has 1 aliphatic heterocycles. The van der Waals surface area contributed by atoms with Crippen molar-refractivity contribution in [1.29, 1.82) is 5.26 Å². The molecule has 1 saturated heterocycles.